The molecule has 3 aromatic carbocycles. The molecule has 4 rings (SSSR count). The van der Waals surface area contributed by atoms with Crippen molar-refractivity contribution >= 4 is 31.7 Å². The summed E-state index contributed by atoms with van der Waals surface area (Å²) in [5.74, 6) is 1.71. The minimum atomic E-state index is -3.94. The first-order valence-corrected chi connectivity index (χ1v) is 12.8. The molecule has 9 heteroatoms. The van der Waals surface area contributed by atoms with E-state index in [1.165, 1.54) is 12.1 Å². The number of halogens is 1. The van der Waals surface area contributed by atoms with Crippen molar-refractivity contribution in [2.24, 2.45) is 0 Å². The van der Waals surface area contributed by atoms with E-state index in [2.05, 4.69) is 26.2 Å². The van der Waals surface area contributed by atoms with E-state index in [1.54, 1.807) is 43.5 Å². The third kappa shape index (κ3) is 5.26. The molecule has 1 heterocycles. The van der Waals surface area contributed by atoms with Crippen LogP contribution in [0.25, 0.3) is 11.5 Å². The topological polar surface area (TPSA) is 90.7 Å². The average Bonchev–Trinajstić information content (AvgIpc) is 3.29. The number of hydrogen-bond acceptors (Lipinski definition) is 7. The van der Waals surface area contributed by atoms with Crippen molar-refractivity contribution in [3.8, 4) is 23.0 Å². The molecule has 0 radical (unpaired) electrons. The van der Waals surface area contributed by atoms with E-state index in [0.29, 0.717) is 24.5 Å². The van der Waals surface area contributed by atoms with Gasteiger partial charge in [-0.25, -0.2) is 8.42 Å². The summed E-state index contributed by atoms with van der Waals surface area (Å²) in [6, 6.07) is 21.0. The van der Waals surface area contributed by atoms with Crippen LogP contribution >= 0.6 is 15.9 Å². The zero-order valence-corrected chi connectivity index (χ0v) is 21.0. The average molecular weight is 543 g/mol. The van der Waals surface area contributed by atoms with Gasteiger partial charge in [0, 0.05) is 16.6 Å². The summed E-state index contributed by atoms with van der Waals surface area (Å²) < 4.78 is 44.2. The number of oxazole rings is 1. The highest BCUT2D eigenvalue weighted by Crippen LogP contribution is 2.33. The van der Waals surface area contributed by atoms with Crippen molar-refractivity contribution in [2.45, 2.75) is 23.4 Å². The van der Waals surface area contributed by atoms with Crippen molar-refractivity contribution in [2.75, 3.05) is 19.0 Å². The molecule has 0 saturated carbocycles. The number of sulfone groups is 1. The number of nitrogens with zero attached hydrogens (tertiary/aromatic N) is 1. The molecule has 0 atom stereocenters. The molecule has 1 N–H and O–H groups in total. The van der Waals surface area contributed by atoms with Gasteiger partial charge in [-0.1, -0.05) is 28.1 Å². The van der Waals surface area contributed by atoms with Gasteiger partial charge in [0.05, 0.1) is 18.6 Å². The van der Waals surface area contributed by atoms with Crippen LogP contribution in [0.3, 0.4) is 0 Å². The van der Waals surface area contributed by atoms with Crippen molar-refractivity contribution in [1.29, 1.82) is 0 Å². The van der Waals surface area contributed by atoms with Gasteiger partial charge in [0.2, 0.25) is 26.6 Å². The molecule has 1 aromatic heterocycles. The molecule has 0 saturated heterocycles. The molecule has 0 aliphatic heterocycles. The Kier molecular flexibility index (Phi) is 7.23. The van der Waals surface area contributed by atoms with Crippen molar-refractivity contribution in [3.63, 3.8) is 0 Å². The maximum absolute atomic E-state index is 13.4. The summed E-state index contributed by atoms with van der Waals surface area (Å²) in [7, 11) is -2.34. The lowest BCUT2D eigenvalue weighted by molar-refractivity contribution is 0.340. The lowest BCUT2D eigenvalue weighted by atomic mass is 10.2. The second-order valence-electron chi connectivity index (χ2n) is 7.27. The van der Waals surface area contributed by atoms with Crippen LogP contribution in [-0.4, -0.2) is 27.1 Å². The van der Waals surface area contributed by atoms with Gasteiger partial charge in [-0.05, 0) is 73.2 Å². The highest BCUT2D eigenvalue weighted by Gasteiger charge is 2.28. The van der Waals surface area contributed by atoms with Crippen LogP contribution in [-0.2, 0) is 16.4 Å². The number of ether oxygens (including phenoxy) is 2. The quantitative estimate of drug-likeness (QED) is 0.279. The van der Waals surface area contributed by atoms with Crippen LogP contribution in [0, 0.1) is 0 Å². The van der Waals surface area contributed by atoms with E-state index in [0.717, 1.165) is 15.8 Å². The third-order valence-corrected chi connectivity index (χ3v) is 7.21. The Hall–Kier alpha value is -3.30. The molecule has 0 spiro atoms. The van der Waals surface area contributed by atoms with Crippen molar-refractivity contribution in [3.05, 3.63) is 82.8 Å². The molecule has 0 bridgehead atoms. The summed E-state index contributed by atoms with van der Waals surface area (Å²) in [4.78, 5) is 4.50. The molecule has 0 unspecified atom stereocenters. The molecule has 0 aliphatic rings. The molecule has 0 amide bonds. The van der Waals surface area contributed by atoms with E-state index < -0.39 is 9.84 Å². The van der Waals surface area contributed by atoms with Gasteiger partial charge in [-0.3, -0.25) is 0 Å². The summed E-state index contributed by atoms with van der Waals surface area (Å²) in [5, 5.41) is 2.92. The fourth-order valence-electron chi connectivity index (χ4n) is 3.23. The van der Waals surface area contributed by atoms with Gasteiger partial charge in [-0.15, -0.1) is 0 Å². The normalized spacial score (nSPS) is 11.3. The maximum atomic E-state index is 13.4. The Morgan fingerprint density at radius 1 is 0.941 bits per heavy atom. The van der Waals surface area contributed by atoms with E-state index in [9.17, 15) is 8.42 Å². The lowest BCUT2D eigenvalue weighted by Gasteiger charge is -2.07. The monoisotopic (exact) mass is 542 g/mol. The standard InChI is InChI=1S/C25H23BrN2O5S/c1-3-32-21-12-6-18(7-13-21)23-28-25(34(29,30)22-14-8-19(26)9-15-22)24(33-23)27-16-17-4-10-20(31-2)11-5-17/h4-15,27H,3,16H2,1-2H3. The number of methoxy groups -OCH3 is 1. The Bertz CT molecular complexity index is 1350. The molecule has 7 nitrogen and oxygen atoms in total. The number of rotatable bonds is 9. The van der Waals surface area contributed by atoms with E-state index in [1.807, 2.05) is 31.2 Å². The SMILES string of the molecule is CCOc1ccc(-c2nc(S(=O)(=O)c3ccc(Br)cc3)c(NCc3ccc(OC)cc3)o2)cc1. The second-order valence-corrected chi connectivity index (χ2v) is 10.1. The number of benzene rings is 3. The Morgan fingerprint density at radius 3 is 2.21 bits per heavy atom. The van der Waals surface area contributed by atoms with E-state index >= 15 is 0 Å². The molecule has 176 valence electrons. The summed E-state index contributed by atoms with van der Waals surface area (Å²) in [6.07, 6.45) is 0. The zero-order valence-electron chi connectivity index (χ0n) is 18.6. The summed E-state index contributed by atoms with van der Waals surface area (Å²) in [5.41, 5.74) is 1.56. The highest BCUT2D eigenvalue weighted by atomic mass is 79.9. The first kappa shape index (κ1) is 23.8. The smallest absolute Gasteiger partial charge is 0.234 e. The predicted molar refractivity (Wildman–Crippen MR) is 133 cm³/mol. The minimum Gasteiger partial charge on any atom is -0.497 e. The largest absolute Gasteiger partial charge is 0.497 e. The number of hydrogen-bond donors (Lipinski definition) is 1. The number of anilines is 1. The van der Waals surface area contributed by atoms with E-state index in [4.69, 9.17) is 13.9 Å². The van der Waals surface area contributed by atoms with Crippen LogP contribution < -0.4 is 14.8 Å². The Morgan fingerprint density at radius 2 is 1.59 bits per heavy atom. The predicted octanol–water partition coefficient (Wildman–Crippen LogP) is 5.96. The van der Waals surface area contributed by atoms with Gasteiger partial charge >= 0.3 is 0 Å². The number of nitrogens with one attached hydrogen (secondary N) is 1. The molecular weight excluding hydrogens is 520 g/mol. The van der Waals surface area contributed by atoms with Gasteiger partial charge in [-0.2, -0.15) is 4.98 Å². The maximum Gasteiger partial charge on any atom is 0.234 e. The van der Waals surface area contributed by atoms with Gasteiger partial charge in [0.25, 0.3) is 0 Å². The van der Waals surface area contributed by atoms with Crippen LogP contribution in [0.15, 0.2) is 91.6 Å². The summed E-state index contributed by atoms with van der Waals surface area (Å²) >= 11 is 3.33. The fourth-order valence-corrected chi connectivity index (χ4v) is 4.78. The van der Waals surface area contributed by atoms with Gasteiger partial charge < -0.3 is 19.2 Å². The molecule has 0 fully saturated rings. The first-order valence-electron chi connectivity index (χ1n) is 10.5. The third-order valence-electron chi connectivity index (χ3n) is 5.00. The second kappa shape index (κ2) is 10.3. The number of aromatic nitrogens is 1. The van der Waals surface area contributed by atoms with Crippen molar-refractivity contribution < 1.29 is 22.3 Å². The van der Waals surface area contributed by atoms with E-state index in [-0.39, 0.29) is 21.7 Å². The van der Waals surface area contributed by atoms with Crippen LogP contribution in [0.1, 0.15) is 12.5 Å². The van der Waals surface area contributed by atoms with Crippen molar-refractivity contribution in [1.82, 2.24) is 4.98 Å². The van der Waals surface area contributed by atoms with Gasteiger partial charge in [0.15, 0.2) is 0 Å². The minimum absolute atomic E-state index is 0.0719. The van der Waals surface area contributed by atoms with Gasteiger partial charge in [0.1, 0.15) is 11.5 Å². The molecule has 0 aliphatic carbocycles. The fraction of sp³-hybridized carbons (Fsp3) is 0.160. The molecule has 4 aromatic rings. The Labute approximate surface area is 206 Å². The zero-order chi connectivity index (χ0) is 24.1. The van der Waals surface area contributed by atoms with Crippen LogP contribution in [0.2, 0.25) is 0 Å². The van der Waals surface area contributed by atoms with Crippen LogP contribution in [0.4, 0.5) is 5.88 Å². The summed E-state index contributed by atoms with van der Waals surface area (Å²) in [6.45, 7) is 2.79. The molecule has 34 heavy (non-hydrogen) atoms. The molecular formula is C25H23BrN2O5S. The highest BCUT2D eigenvalue weighted by molar-refractivity contribution is 9.10. The Balaban J connectivity index is 1.70. The first-order chi connectivity index (χ1) is 16.4. The lowest BCUT2D eigenvalue weighted by Crippen LogP contribution is -2.07. The van der Waals surface area contributed by atoms with Crippen LogP contribution in [0.5, 0.6) is 11.5 Å².